The number of hydrogen-bond acceptors (Lipinski definition) is 2. The van der Waals surface area contributed by atoms with E-state index in [2.05, 4.69) is 37.4 Å². The molecule has 0 atom stereocenters. The number of rotatable bonds is 5. The highest BCUT2D eigenvalue weighted by Gasteiger charge is 2.08. The van der Waals surface area contributed by atoms with Crippen molar-refractivity contribution in [3.05, 3.63) is 59.2 Å². The van der Waals surface area contributed by atoms with Crippen molar-refractivity contribution in [1.29, 1.82) is 0 Å². The minimum absolute atomic E-state index is 0.265. The monoisotopic (exact) mass is 267 g/mol. The van der Waals surface area contributed by atoms with Crippen molar-refractivity contribution < 1.29 is 4.79 Å². The molecule has 0 aliphatic rings. The summed E-state index contributed by atoms with van der Waals surface area (Å²) in [6.07, 6.45) is 1.07. The number of benzene rings is 2. The van der Waals surface area contributed by atoms with E-state index >= 15 is 0 Å². The lowest BCUT2D eigenvalue weighted by molar-refractivity contribution is -0.118. The number of anilines is 2. The second kappa shape index (κ2) is 6.38. The molecular formula is C18H21NO. The highest BCUT2D eigenvalue weighted by atomic mass is 16.1. The lowest BCUT2D eigenvalue weighted by atomic mass is 10.0. The van der Waals surface area contributed by atoms with E-state index in [9.17, 15) is 4.79 Å². The van der Waals surface area contributed by atoms with E-state index in [-0.39, 0.29) is 5.78 Å². The van der Waals surface area contributed by atoms with Gasteiger partial charge in [0.25, 0.3) is 0 Å². The average Bonchev–Trinajstić information content (AvgIpc) is 2.44. The van der Waals surface area contributed by atoms with Gasteiger partial charge in [0.2, 0.25) is 0 Å². The summed E-state index contributed by atoms with van der Waals surface area (Å²) in [7, 11) is 0. The van der Waals surface area contributed by atoms with Crippen LogP contribution in [0.5, 0.6) is 0 Å². The molecule has 1 N–H and O–H groups in total. The van der Waals surface area contributed by atoms with E-state index in [1.165, 1.54) is 11.1 Å². The van der Waals surface area contributed by atoms with Gasteiger partial charge in [-0.05, 0) is 36.6 Å². The van der Waals surface area contributed by atoms with Crippen LogP contribution >= 0.6 is 0 Å². The fraction of sp³-hybridized carbons (Fsp3) is 0.278. The molecule has 2 heteroatoms. The van der Waals surface area contributed by atoms with Gasteiger partial charge in [-0.1, -0.05) is 43.3 Å². The third-order valence-corrected chi connectivity index (χ3v) is 3.54. The molecule has 0 amide bonds. The number of para-hydroxylation sites is 2. The Balaban J connectivity index is 2.32. The van der Waals surface area contributed by atoms with Gasteiger partial charge in [-0.2, -0.15) is 0 Å². The van der Waals surface area contributed by atoms with Gasteiger partial charge in [0.05, 0.1) is 0 Å². The Hall–Kier alpha value is -2.09. The Kier molecular flexibility index (Phi) is 4.57. The second-order valence-electron chi connectivity index (χ2n) is 5.12. The zero-order chi connectivity index (χ0) is 14.5. The van der Waals surface area contributed by atoms with E-state index in [4.69, 9.17) is 0 Å². The van der Waals surface area contributed by atoms with Crippen LogP contribution in [-0.2, 0) is 11.2 Å². The number of hydrogen-bond donors (Lipinski definition) is 1. The largest absolute Gasteiger partial charge is 0.355 e. The van der Waals surface area contributed by atoms with Crippen molar-refractivity contribution in [2.75, 3.05) is 5.32 Å². The Morgan fingerprint density at radius 2 is 1.65 bits per heavy atom. The first kappa shape index (κ1) is 14.3. The summed E-state index contributed by atoms with van der Waals surface area (Å²) < 4.78 is 0. The van der Waals surface area contributed by atoms with Crippen LogP contribution in [0.15, 0.2) is 42.5 Å². The Labute approximate surface area is 120 Å². The average molecular weight is 267 g/mol. The van der Waals surface area contributed by atoms with Gasteiger partial charge in [0.1, 0.15) is 5.78 Å². The first-order chi connectivity index (χ1) is 9.61. The van der Waals surface area contributed by atoms with Crippen LogP contribution in [-0.4, -0.2) is 5.78 Å². The van der Waals surface area contributed by atoms with Crippen LogP contribution in [0.25, 0.3) is 0 Å². The molecule has 104 valence electrons. The molecule has 0 aliphatic heterocycles. The molecule has 0 aromatic heterocycles. The summed E-state index contributed by atoms with van der Waals surface area (Å²) >= 11 is 0. The van der Waals surface area contributed by atoms with Crippen molar-refractivity contribution in [2.45, 2.75) is 33.6 Å². The molecule has 20 heavy (non-hydrogen) atoms. The molecule has 0 radical (unpaired) electrons. The SMILES string of the molecule is CCC(=O)Cc1ccccc1Nc1c(C)cccc1C. The predicted molar refractivity (Wildman–Crippen MR) is 84.6 cm³/mol. The van der Waals surface area contributed by atoms with Crippen molar-refractivity contribution in [3.8, 4) is 0 Å². The van der Waals surface area contributed by atoms with Crippen LogP contribution in [0.2, 0.25) is 0 Å². The van der Waals surface area contributed by atoms with Gasteiger partial charge in [0, 0.05) is 24.2 Å². The number of nitrogens with one attached hydrogen (secondary N) is 1. The van der Waals surface area contributed by atoms with Crippen LogP contribution in [0.4, 0.5) is 11.4 Å². The molecule has 0 saturated heterocycles. The van der Waals surface area contributed by atoms with E-state index in [0.29, 0.717) is 12.8 Å². The van der Waals surface area contributed by atoms with Gasteiger partial charge in [0.15, 0.2) is 0 Å². The highest BCUT2D eigenvalue weighted by molar-refractivity contribution is 5.83. The molecule has 2 rings (SSSR count). The lowest BCUT2D eigenvalue weighted by Crippen LogP contribution is -2.04. The fourth-order valence-corrected chi connectivity index (χ4v) is 2.28. The predicted octanol–water partition coefficient (Wildman–Crippen LogP) is 4.57. The summed E-state index contributed by atoms with van der Waals surface area (Å²) in [4.78, 5) is 11.7. The minimum atomic E-state index is 0.265. The minimum Gasteiger partial charge on any atom is -0.355 e. The fourth-order valence-electron chi connectivity index (χ4n) is 2.28. The van der Waals surface area contributed by atoms with Crippen LogP contribution in [0.3, 0.4) is 0 Å². The molecule has 2 aromatic rings. The van der Waals surface area contributed by atoms with Crippen molar-refractivity contribution in [2.24, 2.45) is 0 Å². The maximum Gasteiger partial charge on any atom is 0.137 e. The zero-order valence-electron chi connectivity index (χ0n) is 12.4. The Bertz CT molecular complexity index is 596. The molecule has 0 saturated carbocycles. The summed E-state index contributed by atoms with van der Waals surface area (Å²) in [5, 5.41) is 3.49. The van der Waals surface area contributed by atoms with Gasteiger partial charge in [-0.25, -0.2) is 0 Å². The van der Waals surface area contributed by atoms with Gasteiger partial charge in [-0.15, -0.1) is 0 Å². The number of carbonyl (C=O) groups excluding carboxylic acids is 1. The molecule has 0 aliphatic carbocycles. The Morgan fingerprint density at radius 1 is 1.00 bits per heavy atom. The molecule has 0 fully saturated rings. The quantitative estimate of drug-likeness (QED) is 0.859. The number of ketones is 1. The van der Waals surface area contributed by atoms with Crippen LogP contribution in [0, 0.1) is 13.8 Å². The third-order valence-electron chi connectivity index (χ3n) is 3.54. The summed E-state index contributed by atoms with van der Waals surface area (Å²) in [5.41, 5.74) is 5.63. The first-order valence-electron chi connectivity index (χ1n) is 7.04. The molecule has 2 nitrogen and oxygen atoms in total. The second-order valence-corrected chi connectivity index (χ2v) is 5.12. The maximum atomic E-state index is 11.7. The number of carbonyl (C=O) groups is 1. The summed E-state index contributed by atoms with van der Waals surface area (Å²) in [5.74, 6) is 0.265. The van der Waals surface area contributed by atoms with E-state index in [1.54, 1.807) is 0 Å². The normalized spacial score (nSPS) is 10.3. The molecule has 0 heterocycles. The molecule has 2 aromatic carbocycles. The lowest BCUT2D eigenvalue weighted by Gasteiger charge is -2.15. The highest BCUT2D eigenvalue weighted by Crippen LogP contribution is 2.26. The smallest absolute Gasteiger partial charge is 0.137 e. The van der Waals surface area contributed by atoms with Crippen molar-refractivity contribution in [3.63, 3.8) is 0 Å². The van der Waals surface area contributed by atoms with Gasteiger partial charge >= 0.3 is 0 Å². The standard InChI is InChI=1S/C18H21NO/c1-4-16(20)12-15-10-5-6-11-17(15)19-18-13(2)8-7-9-14(18)3/h5-11,19H,4,12H2,1-3H3. The third kappa shape index (κ3) is 3.27. The molecule has 0 bridgehead atoms. The molecule has 0 unspecified atom stereocenters. The van der Waals surface area contributed by atoms with Gasteiger partial charge < -0.3 is 5.32 Å². The van der Waals surface area contributed by atoms with E-state index in [1.807, 2.05) is 31.2 Å². The topological polar surface area (TPSA) is 29.1 Å². The first-order valence-corrected chi connectivity index (χ1v) is 7.04. The Morgan fingerprint density at radius 3 is 2.30 bits per heavy atom. The van der Waals surface area contributed by atoms with Crippen LogP contribution in [0.1, 0.15) is 30.0 Å². The number of Topliss-reactive ketones (excluding diaryl/α,β-unsaturated/α-hetero) is 1. The van der Waals surface area contributed by atoms with E-state index < -0.39 is 0 Å². The molecule has 0 spiro atoms. The summed E-state index contributed by atoms with van der Waals surface area (Å²) in [6, 6.07) is 14.3. The molecular weight excluding hydrogens is 246 g/mol. The van der Waals surface area contributed by atoms with Gasteiger partial charge in [-0.3, -0.25) is 4.79 Å². The maximum absolute atomic E-state index is 11.7. The van der Waals surface area contributed by atoms with Crippen LogP contribution < -0.4 is 5.32 Å². The van der Waals surface area contributed by atoms with E-state index in [0.717, 1.165) is 16.9 Å². The van der Waals surface area contributed by atoms with Crippen molar-refractivity contribution in [1.82, 2.24) is 0 Å². The number of aryl methyl sites for hydroxylation is 2. The zero-order valence-corrected chi connectivity index (χ0v) is 12.4. The summed E-state index contributed by atoms with van der Waals surface area (Å²) in [6.45, 7) is 6.09. The van der Waals surface area contributed by atoms with Crippen molar-refractivity contribution >= 4 is 17.2 Å².